The van der Waals surface area contributed by atoms with E-state index >= 15 is 0 Å². The Kier molecular flexibility index (Phi) is 4.93. The number of sulfone groups is 2. The summed E-state index contributed by atoms with van der Waals surface area (Å²) in [7, 11) is -6.83. The third-order valence-corrected chi connectivity index (χ3v) is 6.47. The van der Waals surface area contributed by atoms with Crippen molar-refractivity contribution in [1.82, 2.24) is 4.90 Å². The third kappa shape index (κ3) is 4.31. The molecule has 1 aliphatic heterocycles. The van der Waals surface area contributed by atoms with Crippen LogP contribution in [0, 0.1) is 0 Å². The number of benzene rings is 1. The fraction of sp³-hybridized carbons (Fsp3) is 0.308. The van der Waals surface area contributed by atoms with Gasteiger partial charge >= 0.3 is 0 Å². The zero-order valence-electron chi connectivity index (χ0n) is 11.5. The molecule has 1 aromatic rings. The lowest BCUT2D eigenvalue weighted by Gasteiger charge is -2.25. The highest BCUT2D eigenvalue weighted by atomic mass is 35.5. The highest BCUT2D eigenvalue weighted by molar-refractivity contribution is 7.94. The molecular formula is C13H14ClNO5S2. The predicted molar refractivity (Wildman–Crippen MR) is 83.0 cm³/mol. The maximum absolute atomic E-state index is 12.0. The topological polar surface area (TPSA) is 88.6 Å². The van der Waals surface area contributed by atoms with Gasteiger partial charge in [0.15, 0.2) is 19.7 Å². The Morgan fingerprint density at radius 2 is 1.68 bits per heavy atom. The van der Waals surface area contributed by atoms with Crippen LogP contribution in [0.3, 0.4) is 0 Å². The lowest BCUT2D eigenvalue weighted by molar-refractivity contribution is -0.125. The normalized spacial score (nSPS) is 18.5. The molecule has 22 heavy (non-hydrogen) atoms. The Morgan fingerprint density at radius 1 is 1.14 bits per heavy atom. The summed E-state index contributed by atoms with van der Waals surface area (Å²) in [6, 6.07) is 5.58. The third-order valence-electron chi connectivity index (χ3n) is 3.19. The quantitative estimate of drug-likeness (QED) is 0.744. The molecule has 0 radical (unpaired) electrons. The molecule has 2 rings (SSSR count). The Morgan fingerprint density at radius 3 is 2.23 bits per heavy atom. The summed E-state index contributed by atoms with van der Waals surface area (Å²) in [5, 5.41) is 1.23. The molecule has 6 nitrogen and oxygen atoms in total. The monoisotopic (exact) mass is 363 g/mol. The molecule has 0 aliphatic carbocycles. The van der Waals surface area contributed by atoms with Gasteiger partial charge in [0.25, 0.3) is 0 Å². The van der Waals surface area contributed by atoms with Crippen LogP contribution in [-0.4, -0.2) is 52.2 Å². The van der Waals surface area contributed by atoms with E-state index in [1.165, 1.54) is 29.2 Å². The standard InChI is InChI=1S/C13H14ClNO5S2/c14-11-1-3-12(4-2-11)22(19,20)8-5-13(16)15-6-9-21(17,18)10-7-15/h1-5,8H,6-7,9-10H2/b8-5+. The van der Waals surface area contributed by atoms with E-state index in [0.29, 0.717) is 5.02 Å². The molecule has 1 heterocycles. The Hall–Kier alpha value is -1.38. The highest BCUT2D eigenvalue weighted by Gasteiger charge is 2.24. The van der Waals surface area contributed by atoms with Crippen molar-refractivity contribution in [2.45, 2.75) is 4.90 Å². The van der Waals surface area contributed by atoms with Crippen LogP contribution in [0.1, 0.15) is 0 Å². The second-order valence-electron chi connectivity index (χ2n) is 4.78. The molecule has 0 atom stereocenters. The van der Waals surface area contributed by atoms with Crippen LogP contribution in [0.25, 0.3) is 0 Å². The van der Waals surface area contributed by atoms with Crippen molar-refractivity contribution >= 4 is 37.2 Å². The van der Waals surface area contributed by atoms with Gasteiger partial charge in [-0.3, -0.25) is 4.79 Å². The van der Waals surface area contributed by atoms with E-state index in [2.05, 4.69) is 0 Å². The Balaban J connectivity index is 2.07. The van der Waals surface area contributed by atoms with Crippen LogP contribution in [0.2, 0.25) is 5.02 Å². The molecule has 0 spiro atoms. The van der Waals surface area contributed by atoms with Gasteiger partial charge in [0, 0.05) is 29.6 Å². The molecule has 9 heteroatoms. The number of hydrogen-bond donors (Lipinski definition) is 0. The van der Waals surface area contributed by atoms with Crippen molar-refractivity contribution in [3.63, 3.8) is 0 Å². The van der Waals surface area contributed by atoms with E-state index in [-0.39, 0.29) is 29.5 Å². The number of amides is 1. The van der Waals surface area contributed by atoms with Crippen molar-refractivity contribution < 1.29 is 21.6 Å². The fourth-order valence-corrected chi connectivity index (χ4v) is 4.18. The van der Waals surface area contributed by atoms with E-state index in [1.54, 1.807) is 0 Å². The van der Waals surface area contributed by atoms with Crippen molar-refractivity contribution in [2.24, 2.45) is 0 Å². The molecule has 0 unspecified atom stereocenters. The summed E-state index contributed by atoms with van der Waals surface area (Å²) in [4.78, 5) is 13.2. The zero-order chi connectivity index (χ0) is 16.4. The van der Waals surface area contributed by atoms with E-state index in [4.69, 9.17) is 11.6 Å². The first kappa shape index (κ1) is 17.0. The summed E-state index contributed by atoms with van der Waals surface area (Å²) in [5.41, 5.74) is 0. The van der Waals surface area contributed by atoms with Crippen molar-refractivity contribution in [1.29, 1.82) is 0 Å². The Labute approximate surface area is 134 Å². The summed E-state index contributed by atoms with van der Waals surface area (Å²) >= 11 is 5.69. The van der Waals surface area contributed by atoms with E-state index < -0.39 is 25.6 Å². The lowest BCUT2D eigenvalue weighted by Crippen LogP contribution is -2.43. The smallest absolute Gasteiger partial charge is 0.247 e. The molecule has 1 saturated heterocycles. The molecule has 1 aliphatic rings. The van der Waals surface area contributed by atoms with Crippen molar-refractivity contribution in [3.8, 4) is 0 Å². The van der Waals surface area contributed by atoms with Gasteiger partial charge in [-0.05, 0) is 24.3 Å². The molecule has 0 bridgehead atoms. The van der Waals surface area contributed by atoms with Crippen LogP contribution in [-0.2, 0) is 24.5 Å². The van der Waals surface area contributed by atoms with E-state index in [1.807, 2.05) is 0 Å². The number of carbonyl (C=O) groups is 1. The largest absolute Gasteiger partial charge is 0.337 e. The molecule has 0 aromatic heterocycles. The number of rotatable bonds is 3. The van der Waals surface area contributed by atoms with Crippen molar-refractivity contribution in [2.75, 3.05) is 24.6 Å². The number of hydrogen-bond acceptors (Lipinski definition) is 5. The van der Waals surface area contributed by atoms with Crippen LogP contribution in [0.15, 0.2) is 40.6 Å². The van der Waals surface area contributed by atoms with Gasteiger partial charge in [-0.15, -0.1) is 0 Å². The van der Waals surface area contributed by atoms with Gasteiger partial charge in [0.05, 0.1) is 16.4 Å². The summed E-state index contributed by atoms with van der Waals surface area (Å²) in [6.45, 7) is 0.152. The zero-order valence-corrected chi connectivity index (χ0v) is 13.9. The maximum Gasteiger partial charge on any atom is 0.247 e. The number of halogens is 1. The Bertz CT molecular complexity index is 783. The minimum atomic E-state index is -3.74. The summed E-state index contributed by atoms with van der Waals surface area (Å²) in [5.74, 6) is -0.722. The molecule has 0 N–H and O–H groups in total. The molecule has 1 aromatic carbocycles. The molecule has 1 fully saturated rings. The van der Waals surface area contributed by atoms with Gasteiger partial charge in [-0.2, -0.15) is 0 Å². The number of nitrogens with zero attached hydrogens (tertiary/aromatic N) is 1. The maximum atomic E-state index is 12.0. The van der Waals surface area contributed by atoms with Gasteiger partial charge in [0.2, 0.25) is 5.91 Å². The van der Waals surface area contributed by atoms with Crippen LogP contribution in [0.4, 0.5) is 0 Å². The fourth-order valence-electron chi connectivity index (χ4n) is 1.89. The first-order valence-electron chi connectivity index (χ1n) is 6.38. The number of carbonyl (C=O) groups excluding carboxylic acids is 1. The van der Waals surface area contributed by atoms with Gasteiger partial charge in [0.1, 0.15) is 0 Å². The van der Waals surface area contributed by atoms with Crippen molar-refractivity contribution in [3.05, 3.63) is 40.8 Å². The van der Waals surface area contributed by atoms with Gasteiger partial charge in [-0.1, -0.05) is 11.6 Å². The molecular weight excluding hydrogens is 350 g/mol. The first-order valence-corrected chi connectivity index (χ1v) is 10.1. The highest BCUT2D eigenvalue weighted by Crippen LogP contribution is 2.16. The molecule has 0 saturated carbocycles. The average molecular weight is 364 g/mol. The molecule has 120 valence electrons. The van der Waals surface area contributed by atoms with Crippen LogP contribution < -0.4 is 0 Å². The second kappa shape index (κ2) is 6.39. The second-order valence-corrected chi connectivity index (χ2v) is 9.35. The van der Waals surface area contributed by atoms with Gasteiger partial charge in [-0.25, -0.2) is 16.8 Å². The first-order chi connectivity index (χ1) is 10.2. The summed E-state index contributed by atoms with van der Waals surface area (Å²) < 4.78 is 46.6. The lowest BCUT2D eigenvalue weighted by atomic mass is 10.4. The minimum absolute atomic E-state index is 0.0298. The van der Waals surface area contributed by atoms with Crippen LogP contribution in [0.5, 0.6) is 0 Å². The van der Waals surface area contributed by atoms with E-state index in [0.717, 1.165) is 11.5 Å². The van der Waals surface area contributed by atoms with Crippen LogP contribution >= 0.6 is 11.6 Å². The molecule has 1 amide bonds. The minimum Gasteiger partial charge on any atom is -0.337 e. The van der Waals surface area contributed by atoms with E-state index in [9.17, 15) is 21.6 Å². The average Bonchev–Trinajstić information content (AvgIpc) is 2.45. The van der Waals surface area contributed by atoms with Gasteiger partial charge < -0.3 is 4.90 Å². The predicted octanol–water partition coefficient (Wildman–Crippen LogP) is 0.884. The summed E-state index contributed by atoms with van der Waals surface area (Å²) in [6.07, 6.45) is 0.946. The SMILES string of the molecule is O=C(/C=C/S(=O)(=O)c1ccc(Cl)cc1)N1CCS(=O)(=O)CC1.